The predicted octanol–water partition coefficient (Wildman–Crippen LogP) is 2.48. The molecule has 0 saturated carbocycles. The maximum atomic E-state index is 6.14. The minimum absolute atomic E-state index is 0.430. The number of rotatable bonds is 9. The summed E-state index contributed by atoms with van der Waals surface area (Å²) in [6, 6.07) is 7.40. The molecule has 0 fully saturated rings. The molecule has 0 saturated heterocycles. The minimum Gasteiger partial charge on any atom is -0.419 e. The van der Waals surface area contributed by atoms with Crippen LogP contribution in [0.5, 0.6) is 0 Å². The Labute approximate surface area is 135 Å². The predicted molar refractivity (Wildman–Crippen MR) is 83.8 cm³/mol. The molecule has 1 aromatic heterocycles. The number of hydrogen-bond acceptors (Lipinski definition) is 6. The van der Waals surface area contributed by atoms with Crippen LogP contribution in [0.3, 0.4) is 0 Å². The van der Waals surface area contributed by atoms with Gasteiger partial charge in [0.2, 0.25) is 11.8 Å². The van der Waals surface area contributed by atoms with Crippen molar-refractivity contribution in [1.82, 2.24) is 15.1 Å². The molecule has 0 atom stereocenters. The van der Waals surface area contributed by atoms with Crippen LogP contribution in [0.15, 0.2) is 28.7 Å². The fraction of sp³-hybridized carbons (Fsp3) is 0.467. The molecule has 0 amide bonds. The number of halogens is 1. The third kappa shape index (κ3) is 4.78. The average Bonchev–Trinajstić information content (AvgIpc) is 2.98. The number of ether oxygens (including phenoxy) is 2. The number of benzene rings is 1. The van der Waals surface area contributed by atoms with E-state index in [-0.39, 0.29) is 0 Å². The highest BCUT2D eigenvalue weighted by molar-refractivity contribution is 6.33. The van der Waals surface area contributed by atoms with Crippen molar-refractivity contribution in [2.75, 3.05) is 40.5 Å². The summed E-state index contributed by atoms with van der Waals surface area (Å²) in [5.41, 5.74) is 0.739. The Bertz CT molecular complexity index is 569. The van der Waals surface area contributed by atoms with Gasteiger partial charge in [-0.25, -0.2) is 0 Å². The van der Waals surface area contributed by atoms with Crippen molar-refractivity contribution in [2.24, 2.45) is 0 Å². The first-order chi connectivity index (χ1) is 10.7. The number of methoxy groups -OCH3 is 2. The maximum Gasteiger partial charge on any atom is 0.249 e. The molecule has 0 N–H and O–H groups in total. The Morgan fingerprint density at radius 3 is 2.41 bits per heavy atom. The molecule has 0 radical (unpaired) electrons. The van der Waals surface area contributed by atoms with Crippen molar-refractivity contribution in [2.45, 2.75) is 6.54 Å². The largest absolute Gasteiger partial charge is 0.419 e. The third-order valence-electron chi connectivity index (χ3n) is 3.15. The zero-order valence-corrected chi connectivity index (χ0v) is 13.5. The molecule has 1 heterocycles. The average molecular weight is 326 g/mol. The van der Waals surface area contributed by atoms with Gasteiger partial charge in [0.25, 0.3) is 0 Å². The van der Waals surface area contributed by atoms with Crippen LogP contribution in [0.25, 0.3) is 11.5 Å². The van der Waals surface area contributed by atoms with E-state index in [1.807, 2.05) is 18.2 Å². The number of aromatic nitrogens is 2. The van der Waals surface area contributed by atoms with Crippen molar-refractivity contribution in [3.8, 4) is 11.5 Å². The Balaban J connectivity index is 2.04. The summed E-state index contributed by atoms with van der Waals surface area (Å²) < 4.78 is 15.9. The summed E-state index contributed by atoms with van der Waals surface area (Å²) in [4.78, 5) is 2.14. The minimum atomic E-state index is 0.430. The molecular weight excluding hydrogens is 306 g/mol. The first kappa shape index (κ1) is 16.9. The quantitative estimate of drug-likeness (QED) is 0.706. The summed E-state index contributed by atoms with van der Waals surface area (Å²) in [6.07, 6.45) is 0. The fourth-order valence-electron chi connectivity index (χ4n) is 1.96. The van der Waals surface area contributed by atoms with Crippen molar-refractivity contribution < 1.29 is 13.9 Å². The van der Waals surface area contributed by atoms with E-state index in [0.29, 0.717) is 36.6 Å². The van der Waals surface area contributed by atoms with Crippen molar-refractivity contribution in [1.29, 1.82) is 0 Å². The van der Waals surface area contributed by atoms with Gasteiger partial charge in [-0.2, -0.15) is 0 Å². The highest BCUT2D eigenvalue weighted by Crippen LogP contribution is 2.26. The highest BCUT2D eigenvalue weighted by atomic mass is 35.5. The summed E-state index contributed by atoms with van der Waals surface area (Å²) in [6.45, 7) is 3.35. The summed E-state index contributed by atoms with van der Waals surface area (Å²) in [5.74, 6) is 0.973. The molecule has 0 aliphatic heterocycles. The monoisotopic (exact) mass is 325 g/mol. The fourth-order valence-corrected chi connectivity index (χ4v) is 2.18. The molecule has 120 valence electrons. The van der Waals surface area contributed by atoms with Crippen LogP contribution < -0.4 is 0 Å². The van der Waals surface area contributed by atoms with Gasteiger partial charge in [-0.3, -0.25) is 4.90 Å². The lowest BCUT2D eigenvalue weighted by molar-refractivity contribution is 0.105. The first-order valence-electron chi connectivity index (χ1n) is 7.02. The second-order valence-corrected chi connectivity index (χ2v) is 5.15. The van der Waals surface area contributed by atoms with Gasteiger partial charge in [0.15, 0.2) is 0 Å². The number of hydrogen-bond donors (Lipinski definition) is 0. The lowest BCUT2D eigenvalue weighted by Gasteiger charge is -2.19. The highest BCUT2D eigenvalue weighted by Gasteiger charge is 2.14. The molecule has 2 rings (SSSR count). The topological polar surface area (TPSA) is 60.6 Å². The van der Waals surface area contributed by atoms with Gasteiger partial charge in [0.05, 0.1) is 30.3 Å². The Morgan fingerprint density at radius 1 is 1.09 bits per heavy atom. The SMILES string of the molecule is COCCN(CCOC)Cc1nnc(-c2ccccc2Cl)o1. The van der Waals surface area contributed by atoms with Gasteiger partial charge in [-0.05, 0) is 12.1 Å². The lowest BCUT2D eigenvalue weighted by atomic mass is 10.2. The molecule has 0 unspecified atom stereocenters. The first-order valence-corrected chi connectivity index (χ1v) is 7.40. The Kier molecular flexibility index (Phi) is 6.79. The van der Waals surface area contributed by atoms with Gasteiger partial charge in [0, 0.05) is 27.3 Å². The van der Waals surface area contributed by atoms with Gasteiger partial charge in [-0.15, -0.1) is 10.2 Å². The Hall–Kier alpha value is -1.47. The molecule has 7 heteroatoms. The van der Waals surface area contributed by atoms with E-state index in [2.05, 4.69) is 15.1 Å². The second kappa shape index (κ2) is 8.85. The summed E-state index contributed by atoms with van der Waals surface area (Å²) >= 11 is 6.14. The molecular formula is C15H20ClN3O3. The summed E-state index contributed by atoms with van der Waals surface area (Å²) in [5, 5.41) is 8.75. The van der Waals surface area contributed by atoms with Gasteiger partial charge in [0.1, 0.15) is 0 Å². The van der Waals surface area contributed by atoms with Crippen LogP contribution in [-0.4, -0.2) is 55.6 Å². The van der Waals surface area contributed by atoms with E-state index in [1.54, 1.807) is 20.3 Å². The molecule has 0 bridgehead atoms. The van der Waals surface area contributed by atoms with E-state index in [9.17, 15) is 0 Å². The molecule has 22 heavy (non-hydrogen) atoms. The zero-order chi connectivity index (χ0) is 15.8. The maximum absolute atomic E-state index is 6.14. The molecule has 0 aliphatic carbocycles. The van der Waals surface area contributed by atoms with Gasteiger partial charge < -0.3 is 13.9 Å². The van der Waals surface area contributed by atoms with Crippen molar-refractivity contribution >= 4 is 11.6 Å². The summed E-state index contributed by atoms with van der Waals surface area (Å²) in [7, 11) is 3.35. The smallest absolute Gasteiger partial charge is 0.249 e. The van der Waals surface area contributed by atoms with E-state index in [4.69, 9.17) is 25.5 Å². The van der Waals surface area contributed by atoms with Crippen LogP contribution >= 0.6 is 11.6 Å². The molecule has 0 aliphatic rings. The standard InChI is InChI=1S/C15H20ClN3O3/c1-20-9-7-19(8-10-21-2)11-14-17-18-15(22-14)12-5-3-4-6-13(12)16/h3-6H,7-11H2,1-2H3. The molecule has 1 aromatic carbocycles. The molecule has 2 aromatic rings. The van der Waals surface area contributed by atoms with Gasteiger partial charge in [-0.1, -0.05) is 23.7 Å². The van der Waals surface area contributed by atoms with Crippen LogP contribution in [0.4, 0.5) is 0 Å². The van der Waals surface area contributed by atoms with E-state index in [0.717, 1.165) is 18.7 Å². The number of nitrogens with zero attached hydrogens (tertiary/aromatic N) is 3. The normalized spacial score (nSPS) is 11.3. The van der Waals surface area contributed by atoms with Crippen LogP contribution in [0.1, 0.15) is 5.89 Å². The van der Waals surface area contributed by atoms with Crippen LogP contribution in [0.2, 0.25) is 5.02 Å². The zero-order valence-electron chi connectivity index (χ0n) is 12.8. The van der Waals surface area contributed by atoms with E-state index >= 15 is 0 Å². The van der Waals surface area contributed by atoms with E-state index < -0.39 is 0 Å². The van der Waals surface area contributed by atoms with Gasteiger partial charge >= 0.3 is 0 Å². The second-order valence-electron chi connectivity index (χ2n) is 4.74. The van der Waals surface area contributed by atoms with Crippen molar-refractivity contribution in [3.05, 3.63) is 35.2 Å². The van der Waals surface area contributed by atoms with E-state index in [1.165, 1.54) is 0 Å². The van der Waals surface area contributed by atoms with Crippen LogP contribution in [0, 0.1) is 0 Å². The molecule has 0 spiro atoms. The Morgan fingerprint density at radius 2 is 1.77 bits per heavy atom. The van der Waals surface area contributed by atoms with Crippen LogP contribution in [-0.2, 0) is 16.0 Å². The van der Waals surface area contributed by atoms with Crippen molar-refractivity contribution in [3.63, 3.8) is 0 Å². The third-order valence-corrected chi connectivity index (χ3v) is 3.48. The lowest BCUT2D eigenvalue weighted by Crippen LogP contribution is -2.30. The molecule has 6 nitrogen and oxygen atoms in total.